The second-order valence-corrected chi connectivity index (χ2v) is 7.33. The minimum atomic E-state index is -2.87. The van der Waals surface area contributed by atoms with Crippen LogP contribution >= 0.6 is 11.6 Å². The molecule has 0 spiro atoms. The number of hydrogen-bond acceptors (Lipinski definition) is 4. The highest BCUT2D eigenvalue weighted by molar-refractivity contribution is 7.91. The predicted octanol–water partition coefficient (Wildman–Crippen LogP) is 1.92. The minimum Gasteiger partial charge on any atom is -0.309 e. The molecule has 0 atom stereocenters. The van der Waals surface area contributed by atoms with Gasteiger partial charge >= 0.3 is 0 Å². The van der Waals surface area contributed by atoms with Gasteiger partial charge in [0.15, 0.2) is 5.65 Å². The number of sulfone groups is 1. The van der Waals surface area contributed by atoms with E-state index >= 15 is 0 Å². The highest BCUT2D eigenvalue weighted by Gasteiger charge is 2.27. The van der Waals surface area contributed by atoms with Crippen molar-refractivity contribution in [3.8, 4) is 0 Å². The Labute approximate surface area is 116 Å². The van der Waals surface area contributed by atoms with Gasteiger partial charge in [0.2, 0.25) is 0 Å². The number of hydrogen-bond donors (Lipinski definition) is 0. The summed E-state index contributed by atoms with van der Waals surface area (Å²) < 4.78 is 25.0. The van der Waals surface area contributed by atoms with Crippen molar-refractivity contribution in [1.29, 1.82) is 0 Å². The van der Waals surface area contributed by atoms with Crippen LogP contribution < -0.4 is 0 Å². The fourth-order valence-corrected chi connectivity index (χ4v) is 4.25. The molecule has 3 heterocycles. The van der Waals surface area contributed by atoms with E-state index in [1.807, 2.05) is 16.7 Å². The lowest BCUT2D eigenvalue weighted by Crippen LogP contribution is -2.26. The van der Waals surface area contributed by atoms with Crippen molar-refractivity contribution >= 4 is 32.6 Å². The lowest BCUT2D eigenvalue weighted by Gasteiger charge is -2.24. The first kappa shape index (κ1) is 12.9. The van der Waals surface area contributed by atoms with Gasteiger partial charge in [-0.1, -0.05) is 0 Å². The molecule has 0 saturated carbocycles. The molecule has 1 saturated heterocycles. The molecule has 0 bridgehead atoms. The van der Waals surface area contributed by atoms with Gasteiger partial charge < -0.3 is 4.57 Å². The molecule has 0 aliphatic carbocycles. The second-order valence-electron chi connectivity index (χ2n) is 4.76. The molecular weight excluding hydrogens is 286 g/mol. The highest BCUT2D eigenvalue weighted by atomic mass is 35.5. The summed E-state index contributed by atoms with van der Waals surface area (Å²) in [6.07, 6.45) is 2.93. The molecule has 3 rings (SSSR count). The number of pyridine rings is 1. The molecule has 2 aromatic rings. The average molecular weight is 300 g/mol. The Bertz CT molecular complexity index is 697. The Kier molecular flexibility index (Phi) is 3.22. The normalized spacial score (nSPS) is 19.8. The standard InChI is InChI=1S/C12H14ClN3O2S/c13-8-11-15-10-2-1-5-14-12(10)16(11)9-3-6-19(17,18)7-4-9/h1-2,5,9H,3-4,6-8H2. The van der Waals surface area contributed by atoms with Crippen molar-refractivity contribution in [2.24, 2.45) is 0 Å². The van der Waals surface area contributed by atoms with E-state index < -0.39 is 9.84 Å². The zero-order valence-electron chi connectivity index (χ0n) is 10.3. The van der Waals surface area contributed by atoms with Gasteiger partial charge in [-0.3, -0.25) is 0 Å². The molecule has 0 amide bonds. The van der Waals surface area contributed by atoms with Gasteiger partial charge in [-0.2, -0.15) is 0 Å². The van der Waals surface area contributed by atoms with Gasteiger partial charge in [0.1, 0.15) is 21.2 Å². The Balaban J connectivity index is 2.04. The zero-order valence-corrected chi connectivity index (χ0v) is 11.9. The number of alkyl halides is 1. The maximum absolute atomic E-state index is 11.5. The molecule has 1 fully saturated rings. The fourth-order valence-electron chi connectivity index (χ4n) is 2.59. The fraction of sp³-hybridized carbons (Fsp3) is 0.500. The molecule has 1 aliphatic heterocycles. The van der Waals surface area contributed by atoms with E-state index in [9.17, 15) is 8.42 Å². The number of rotatable bonds is 2. The van der Waals surface area contributed by atoms with E-state index in [1.54, 1.807) is 6.20 Å². The molecule has 0 N–H and O–H groups in total. The molecule has 0 aromatic carbocycles. The monoisotopic (exact) mass is 299 g/mol. The molecular formula is C12H14ClN3O2S. The molecule has 5 nitrogen and oxygen atoms in total. The van der Waals surface area contributed by atoms with Crippen molar-refractivity contribution in [1.82, 2.24) is 14.5 Å². The van der Waals surface area contributed by atoms with E-state index in [0.29, 0.717) is 18.7 Å². The third kappa shape index (κ3) is 2.34. The van der Waals surface area contributed by atoms with Crippen LogP contribution in [-0.2, 0) is 15.7 Å². The molecule has 2 aromatic heterocycles. The van der Waals surface area contributed by atoms with Gasteiger partial charge in [0.05, 0.1) is 17.4 Å². The predicted molar refractivity (Wildman–Crippen MR) is 74.0 cm³/mol. The summed E-state index contributed by atoms with van der Waals surface area (Å²) >= 11 is 5.95. The van der Waals surface area contributed by atoms with Gasteiger partial charge in [0.25, 0.3) is 0 Å². The highest BCUT2D eigenvalue weighted by Crippen LogP contribution is 2.29. The molecule has 0 radical (unpaired) electrons. The van der Waals surface area contributed by atoms with Gasteiger partial charge in [-0.05, 0) is 25.0 Å². The van der Waals surface area contributed by atoms with E-state index in [2.05, 4.69) is 9.97 Å². The molecule has 7 heteroatoms. The van der Waals surface area contributed by atoms with Crippen LogP contribution in [0, 0.1) is 0 Å². The second kappa shape index (κ2) is 4.76. The lowest BCUT2D eigenvalue weighted by atomic mass is 10.1. The first-order valence-electron chi connectivity index (χ1n) is 6.19. The van der Waals surface area contributed by atoms with Crippen molar-refractivity contribution < 1.29 is 8.42 Å². The smallest absolute Gasteiger partial charge is 0.160 e. The maximum Gasteiger partial charge on any atom is 0.160 e. The summed E-state index contributed by atoms with van der Waals surface area (Å²) in [7, 11) is -2.87. The van der Waals surface area contributed by atoms with Crippen LogP contribution in [0.3, 0.4) is 0 Å². The van der Waals surface area contributed by atoms with E-state index in [-0.39, 0.29) is 17.5 Å². The van der Waals surface area contributed by atoms with E-state index in [4.69, 9.17) is 11.6 Å². The van der Waals surface area contributed by atoms with Crippen molar-refractivity contribution in [2.45, 2.75) is 24.8 Å². The summed E-state index contributed by atoms with van der Waals surface area (Å²) in [6.45, 7) is 0. The Morgan fingerprint density at radius 3 is 2.79 bits per heavy atom. The third-order valence-corrected chi connectivity index (χ3v) is 5.49. The van der Waals surface area contributed by atoms with Gasteiger partial charge in [0, 0.05) is 12.2 Å². The summed E-state index contributed by atoms with van der Waals surface area (Å²) in [4.78, 5) is 8.82. The van der Waals surface area contributed by atoms with Crippen molar-refractivity contribution in [3.63, 3.8) is 0 Å². The molecule has 1 aliphatic rings. The Hall–Kier alpha value is -1.14. The lowest BCUT2D eigenvalue weighted by molar-refractivity contribution is 0.448. The maximum atomic E-state index is 11.5. The van der Waals surface area contributed by atoms with Crippen molar-refractivity contribution in [2.75, 3.05) is 11.5 Å². The summed E-state index contributed by atoms with van der Waals surface area (Å²) in [5, 5.41) is 0. The van der Waals surface area contributed by atoms with Crippen LogP contribution in [-0.4, -0.2) is 34.5 Å². The number of imidazole rings is 1. The van der Waals surface area contributed by atoms with E-state index in [0.717, 1.165) is 17.0 Å². The number of nitrogens with zero attached hydrogens (tertiary/aromatic N) is 3. The van der Waals surface area contributed by atoms with Crippen molar-refractivity contribution in [3.05, 3.63) is 24.2 Å². The zero-order chi connectivity index (χ0) is 13.5. The van der Waals surface area contributed by atoms with Gasteiger partial charge in [-0.25, -0.2) is 18.4 Å². The molecule has 0 unspecified atom stereocenters. The summed E-state index contributed by atoms with van der Waals surface area (Å²) in [5.74, 6) is 1.52. The van der Waals surface area contributed by atoms with Gasteiger partial charge in [-0.15, -0.1) is 11.6 Å². The third-order valence-electron chi connectivity index (χ3n) is 3.53. The first-order chi connectivity index (χ1) is 9.11. The van der Waals surface area contributed by atoms with Crippen LogP contribution in [0.15, 0.2) is 18.3 Å². The minimum absolute atomic E-state index is 0.122. The first-order valence-corrected chi connectivity index (χ1v) is 8.54. The topological polar surface area (TPSA) is 64.8 Å². The van der Waals surface area contributed by atoms with Crippen LogP contribution in [0.4, 0.5) is 0 Å². The Morgan fingerprint density at radius 1 is 1.37 bits per heavy atom. The molecule has 102 valence electrons. The van der Waals surface area contributed by atoms with Crippen LogP contribution in [0.2, 0.25) is 0 Å². The average Bonchev–Trinajstić information content (AvgIpc) is 2.77. The number of fused-ring (bicyclic) bond motifs is 1. The van der Waals surface area contributed by atoms with Crippen LogP contribution in [0.25, 0.3) is 11.2 Å². The largest absolute Gasteiger partial charge is 0.309 e. The Morgan fingerprint density at radius 2 is 2.11 bits per heavy atom. The number of aromatic nitrogens is 3. The SMILES string of the molecule is O=S1(=O)CCC(n2c(CCl)nc3cccnc32)CC1. The summed E-state index contributed by atoms with van der Waals surface area (Å²) in [6, 6.07) is 3.86. The molecule has 19 heavy (non-hydrogen) atoms. The number of halogens is 1. The van der Waals surface area contributed by atoms with E-state index in [1.165, 1.54) is 0 Å². The van der Waals surface area contributed by atoms with Crippen LogP contribution in [0.5, 0.6) is 0 Å². The summed E-state index contributed by atoms with van der Waals surface area (Å²) in [5.41, 5.74) is 1.61. The van der Waals surface area contributed by atoms with Crippen LogP contribution in [0.1, 0.15) is 24.7 Å². The quantitative estimate of drug-likeness (QED) is 0.795.